The van der Waals surface area contributed by atoms with Gasteiger partial charge in [0, 0.05) is 5.69 Å². The van der Waals surface area contributed by atoms with Gasteiger partial charge >= 0.3 is 0 Å². The Labute approximate surface area is 140 Å². The van der Waals surface area contributed by atoms with Crippen LogP contribution in [0.5, 0.6) is 0 Å². The van der Waals surface area contributed by atoms with Crippen LogP contribution in [0.25, 0.3) is 5.82 Å². The Morgan fingerprint density at radius 2 is 1.96 bits per heavy atom. The summed E-state index contributed by atoms with van der Waals surface area (Å²) in [6, 6.07) is 9.22. The van der Waals surface area contributed by atoms with Gasteiger partial charge in [0.15, 0.2) is 5.82 Å². The fraction of sp³-hybridized carbons (Fsp3) is 0.353. The predicted octanol–water partition coefficient (Wildman–Crippen LogP) is 2.50. The van der Waals surface area contributed by atoms with Gasteiger partial charge in [-0.05, 0) is 58.0 Å². The molecular weight excluding hydrogens is 306 g/mol. The molecule has 3 rings (SSSR count). The minimum atomic E-state index is -1.13. The second-order valence-corrected chi connectivity index (χ2v) is 6.15. The first kappa shape index (κ1) is 16.2. The molecule has 1 atom stereocenters. The monoisotopic (exact) mass is 327 g/mol. The molecule has 0 radical (unpaired) electrons. The molecule has 0 saturated heterocycles. The van der Waals surface area contributed by atoms with Crippen molar-refractivity contribution in [3.63, 3.8) is 0 Å². The van der Waals surface area contributed by atoms with Crippen molar-refractivity contribution in [2.24, 2.45) is 0 Å². The normalized spacial score (nSPS) is 13.7. The predicted molar refractivity (Wildman–Crippen MR) is 90.1 cm³/mol. The Hall–Kier alpha value is -2.67. The number of aryl methyl sites for hydroxylation is 3. The third kappa shape index (κ3) is 3.30. The van der Waals surface area contributed by atoms with Gasteiger partial charge < -0.3 is 14.8 Å². The van der Waals surface area contributed by atoms with Crippen LogP contribution >= 0.6 is 0 Å². The molecule has 3 aromatic rings. The highest BCUT2D eigenvalue weighted by Crippen LogP contribution is 2.23. The van der Waals surface area contributed by atoms with Gasteiger partial charge in [-0.15, -0.1) is 10.2 Å². The number of aliphatic hydroxyl groups is 1. The molecule has 0 amide bonds. The minimum absolute atomic E-state index is 0.258. The summed E-state index contributed by atoms with van der Waals surface area (Å²) >= 11 is 0. The molecule has 0 spiro atoms. The summed E-state index contributed by atoms with van der Waals surface area (Å²) in [5.74, 6) is 2.50. The minimum Gasteiger partial charge on any atom is -0.463 e. The van der Waals surface area contributed by atoms with E-state index >= 15 is 0 Å². The van der Waals surface area contributed by atoms with E-state index in [1.165, 1.54) is 0 Å². The van der Waals surface area contributed by atoms with E-state index in [0.717, 1.165) is 17.1 Å². The largest absolute Gasteiger partial charge is 0.463 e. The van der Waals surface area contributed by atoms with Gasteiger partial charge in [-0.3, -0.25) is 0 Å². The van der Waals surface area contributed by atoms with Crippen molar-refractivity contribution < 1.29 is 9.52 Å². The Morgan fingerprint density at radius 1 is 1.17 bits per heavy atom. The molecule has 0 bridgehead atoms. The van der Waals surface area contributed by atoms with Gasteiger partial charge in [-0.25, -0.2) is 4.68 Å². The maximum absolute atomic E-state index is 10.5. The molecule has 24 heavy (non-hydrogen) atoms. The molecule has 3 heterocycles. The van der Waals surface area contributed by atoms with Crippen LogP contribution in [0.1, 0.15) is 29.8 Å². The maximum Gasteiger partial charge on any atom is 0.176 e. The highest BCUT2D eigenvalue weighted by atomic mass is 16.4. The standard InChI is InChI=1S/C17H21N5O2/c1-11-9-12(2)22(21-11)16-8-7-15(19-20-16)18-10-17(4,23)14-6-5-13(3)24-14/h5-9,23H,10H2,1-4H3,(H,18,19). The molecule has 126 valence electrons. The molecular formula is C17H21N5O2. The van der Waals surface area contributed by atoms with E-state index in [1.807, 2.05) is 45.0 Å². The van der Waals surface area contributed by atoms with Gasteiger partial charge in [-0.1, -0.05) is 0 Å². The number of rotatable bonds is 5. The summed E-state index contributed by atoms with van der Waals surface area (Å²) in [5, 5.41) is 26.3. The molecule has 1 unspecified atom stereocenters. The molecule has 0 fully saturated rings. The van der Waals surface area contributed by atoms with Gasteiger partial charge in [0.2, 0.25) is 0 Å². The number of nitrogens with zero attached hydrogens (tertiary/aromatic N) is 4. The van der Waals surface area contributed by atoms with E-state index in [-0.39, 0.29) is 6.54 Å². The van der Waals surface area contributed by atoms with E-state index in [4.69, 9.17) is 4.42 Å². The summed E-state index contributed by atoms with van der Waals surface area (Å²) in [6.45, 7) is 7.70. The molecule has 0 aliphatic heterocycles. The van der Waals surface area contributed by atoms with Crippen LogP contribution in [-0.2, 0) is 5.60 Å². The third-order valence-corrected chi connectivity index (χ3v) is 3.76. The van der Waals surface area contributed by atoms with Crippen LogP contribution < -0.4 is 5.32 Å². The van der Waals surface area contributed by atoms with Crippen molar-refractivity contribution in [3.05, 3.63) is 53.2 Å². The maximum atomic E-state index is 10.5. The van der Waals surface area contributed by atoms with Crippen LogP contribution in [0.2, 0.25) is 0 Å². The van der Waals surface area contributed by atoms with Gasteiger partial charge in [0.1, 0.15) is 22.9 Å². The smallest absolute Gasteiger partial charge is 0.176 e. The van der Waals surface area contributed by atoms with E-state index < -0.39 is 5.60 Å². The Morgan fingerprint density at radius 3 is 2.50 bits per heavy atom. The van der Waals surface area contributed by atoms with E-state index in [2.05, 4.69) is 20.6 Å². The van der Waals surface area contributed by atoms with E-state index in [9.17, 15) is 5.11 Å². The zero-order chi connectivity index (χ0) is 17.3. The van der Waals surface area contributed by atoms with Crippen molar-refractivity contribution in [3.8, 4) is 5.82 Å². The average Bonchev–Trinajstić information content (AvgIpc) is 3.12. The number of nitrogens with one attached hydrogen (secondary N) is 1. The molecule has 2 N–H and O–H groups in total. The fourth-order valence-electron chi connectivity index (χ4n) is 2.47. The Kier molecular flexibility index (Phi) is 4.11. The average molecular weight is 327 g/mol. The number of aromatic nitrogens is 4. The summed E-state index contributed by atoms with van der Waals surface area (Å²) < 4.78 is 7.24. The molecule has 7 nitrogen and oxygen atoms in total. The van der Waals surface area contributed by atoms with Crippen molar-refractivity contribution in [1.82, 2.24) is 20.0 Å². The van der Waals surface area contributed by atoms with E-state index in [1.54, 1.807) is 17.7 Å². The second-order valence-electron chi connectivity index (χ2n) is 6.15. The Balaban J connectivity index is 1.69. The van der Waals surface area contributed by atoms with Crippen LogP contribution in [0.4, 0.5) is 5.82 Å². The number of hydrogen-bond donors (Lipinski definition) is 2. The van der Waals surface area contributed by atoms with Gasteiger partial charge in [-0.2, -0.15) is 5.10 Å². The highest BCUT2D eigenvalue weighted by molar-refractivity contribution is 5.37. The lowest BCUT2D eigenvalue weighted by Crippen LogP contribution is -2.30. The SMILES string of the molecule is Cc1cc(C)n(-c2ccc(NCC(C)(O)c3ccc(C)o3)nn2)n1. The lowest BCUT2D eigenvalue weighted by Gasteiger charge is -2.21. The van der Waals surface area contributed by atoms with Crippen molar-refractivity contribution in [1.29, 1.82) is 0 Å². The van der Waals surface area contributed by atoms with Crippen molar-refractivity contribution in [2.75, 3.05) is 11.9 Å². The molecule has 0 aliphatic carbocycles. The molecule has 3 aromatic heterocycles. The van der Waals surface area contributed by atoms with Crippen LogP contribution in [-0.4, -0.2) is 31.6 Å². The van der Waals surface area contributed by atoms with Crippen molar-refractivity contribution >= 4 is 5.82 Å². The molecule has 0 aliphatic rings. The van der Waals surface area contributed by atoms with E-state index in [0.29, 0.717) is 17.4 Å². The first-order chi connectivity index (χ1) is 11.3. The summed E-state index contributed by atoms with van der Waals surface area (Å²) in [7, 11) is 0. The lowest BCUT2D eigenvalue weighted by atomic mass is 10.0. The summed E-state index contributed by atoms with van der Waals surface area (Å²) in [5.41, 5.74) is 0.796. The topological polar surface area (TPSA) is 89.0 Å². The number of furan rings is 1. The number of anilines is 1. The fourth-order valence-corrected chi connectivity index (χ4v) is 2.47. The first-order valence-corrected chi connectivity index (χ1v) is 7.76. The lowest BCUT2D eigenvalue weighted by molar-refractivity contribution is 0.0467. The Bertz CT molecular complexity index is 833. The van der Waals surface area contributed by atoms with Crippen LogP contribution in [0.3, 0.4) is 0 Å². The summed E-state index contributed by atoms with van der Waals surface area (Å²) in [6.07, 6.45) is 0. The van der Waals surface area contributed by atoms with Crippen LogP contribution in [0.15, 0.2) is 34.7 Å². The zero-order valence-electron chi connectivity index (χ0n) is 14.2. The molecule has 0 saturated carbocycles. The quantitative estimate of drug-likeness (QED) is 0.748. The number of hydrogen-bond acceptors (Lipinski definition) is 6. The van der Waals surface area contributed by atoms with Gasteiger partial charge in [0.05, 0.1) is 12.2 Å². The van der Waals surface area contributed by atoms with Gasteiger partial charge in [0.25, 0.3) is 0 Å². The molecule has 0 aromatic carbocycles. The van der Waals surface area contributed by atoms with Crippen LogP contribution in [0, 0.1) is 20.8 Å². The molecule has 7 heteroatoms. The highest BCUT2D eigenvalue weighted by Gasteiger charge is 2.26. The summed E-state index contributed by atoms with van der Waals surface area (Å²) in [4.78, 5) is 0. The first-order valence-electron chi connectivity index (χ1n) is 7.76. The van der Waals surface area contributed by atoms with Crippen molar-refractivity contribution in [2.45, 2.75) is 33.3 Å². The second kappa shape index (κ2) is 6.09. The third-order valence-electron chi connectivity index (χ3n) is 3.76. The zero-order valence-corrected chi connectivity index (χ0v) is 14.2.